The summed E-state index contributed by atoms with van der Waals surface area (Å²) in [7, 11) is 3.20. The van der Waals surface area contributed by atoms with Gasteiger partial charge in [0.05, 0.1) is 17.1 Å². The van der Waals surface area contributed by atoms with E-state index in [1.807, 2.05) is 0 Å². The molecule has 5 atom stereocenters. The Morgan fingerprint density at radius 1 is 1.23 bits per heavy atom. The average Bonchev–Trinajstić information content (AvgIpc) is 2.68. The van der Waals surface area contributed by atoms with Crippen LogP contribution in [-0.2, 0) is 16.0 Å². The maximum absolute atomic E-state index is 13.6. The molecule has 1 saturated carbocycles. The van der Waals surface area contributed by atoms with Crippen LogP contribution < -0.4 is 5.73 Å². The Labute approximate surface area is 177 Å². The van der Waals surface area contributed by atoms with E-state index < -0.39 is 52.8 Å². The number of aliphatic hydroxyl groups is 2. The highest BCUT2D eigenvalue weighted by molar-refractivity contribution is 6.26. The van der Waals surface area contributed by atoms with Gasteiger partial charge in [-0.3, -0.25) is 14.4 Å². The van der Waals surface area contributed by atoms with Crippen molar-refractivity contribution in [2.24, 2.45) is 17.6 Å². The van der Waals surface area contributed by atoms with Crippen molar-refractivity contribution in [2.75, 3.05) is 14.1 Å². The van der Waals surface area contributed by atoms with Crippen molar-refractivity contribution in [1.82, 2.24) is 4.90 Å². The van der Waals surface area contributed by atoms with Crippen LogP contribution in [0, 0.1) is 18.8 Å². The molecule has 0 aromatic heterocycles. The maximum atomic E-state index is 13.6. The Bertz CT molecular complexity index is 1160. The molecule has 31 heavy (non-hydrogen) atoms. The average molecular weight is 428 g/mol. The molecular weight excluding hydrogens is 404 g/mol. The first-order valence-corrected chi connectivity index (χ1v) is 9.85. The smallest absolute Gasteiger partial charge is 0.230 e. The number of nitrogens with zero attached hydrogens (tertiary/aromatic N) is 1. The molecule has 9 nitrogen and oxygen atoms in total. The van der Waals surface area contributed by atoms with Crippen LogP contribution in [0.4, 0.5) is 0 Å². The summed E-state index contributed by atoms with van der Waals surface area (Å²) in [6.45, 7) is 1.72. The Balaban J connectivity index is 2.05. The van der Waals surface area contributed by atoms with Crippen LogP contribution in [-0.4, -0.2) is 74.6 Å². The highest BCUT2D eigenvalue weighted by Crippen LogP contribution is 2.50. The van der Waals surface area contributed by atoms with Gasteiger partial charge >= 0.3 is 0 Å². The van der Waals surface area contributed by atoms with Crippen molar-refractivity contribution < 1.29 is 34.8 Å². The maximum Gasteiger partial charge on any atom is 0.230 e. The normalized spacial score (nSPS) is 30.4. The predicted octanol–water partition coefficient (Wildman–Crippen LogP) is -0.379. The fraction of sp³-hybridized carbons (Fsp3) is 0.409. The third kappa shape index (κ3) is 2.57. The number of primary amides is 1. The number of fused-ring (bicyclic) bond motifs is 3. The summed E-state index contributed by atoms with van der Waals surface area (Å²) in [4.78, 5) is 40.3. The molecule has 0 radical (unpaired) electrons. The molecule has 9 heteroatoms. The van der Waals surface area contributed by atoms with Gasteiger partial charge < -0.3 is 31.1 Å². The molecule has 2 aromatic rings. The van der Waals surface area contributed by atoms with E-state index in [2.05, 4.69) is 0 Å². The van der Waals surface area contributed by atoms with Gasteiger partial charge in [-0.1, -0.05) is 12.1 Å². The number of benzene rings is 2. The minimum absolute atomic E-state index is 0.0142. The number of nitrogens with two attached hydrogens (primary N) is 1. The molecule has 2 aromatic carbocycles. The molecule has 2 aliphatic carbocycles. The zero-order chi connectivity index (χ0) is 23.0. The lowest BCUT2D eigenvalue weighted by molar-refractivity contribution is -0.169. The van der Waals surface area contributed by atoms with E-state index in [0.29, 0.717) is 16.5 Å². The molecule has 4 rings (SSSR count). The fourth-order valence-electron chi connectivity index (χ4n) is 5.40. The summed E-state index contributed by atoms with van der Waals surface area (Å²) in [5.74, 6) is -7.05. The molecule has 0 spiro atoms. The Kier molecular flexibility index (Phi) is 4.62. The number of carbonyl (C=O) groups is 3. The Morgan fingerprint density at radius 3 is 2.45 bits per heavy atom. The molecule has 164 valence electrons. The number of phenolic OH excluding ortho intramolecular Hbond substituents is 2. The van der Waals surface area contributed by atoms with Crippen LogP contribution in [0.25, 0.3) is 10.8 Å². The van der Waals surface area contributed by atoms with Gasteiger partial charge in [0.1, 0.15) is 17.4 Å². The summed E-state index contributed by atoms with van der Waals surface area (Å²) in [6, 6.07) is 3.71. The largest absolute Gasteiger partial charge is 0.507 e. The number of rotatable bonds is 2. The van der Waals surface area contributed by atoms with Crippen molar-refractivity contribution in [2.45, 2.75) is 31.1 Å². The number of likely N-dealkylation sites (N-methyl/N-ethyl adjacent to an activating group) is 1. The van der Waals surface area contributed by atoms with E-state index in [0.717, 1.165) is 0 Å². The van der Waals surface area contributed by atoms with E-state index in [-0.39, 0.29) is 23.1 Å². The van der Waals surface area contributed by atoms with Crippen LogP contribution in [0.5, 0.6) is 11.5 Å². The van der Waals surface area contributed by atoms with Gasteiger partial charge in [0.2, 0.25) is 11.7 Å². The number of aliphatic hydroxyl groups excluding tert-OH is 1. The van der Waals surface area contributed by atoms with Gasteiger partial charge in [0, 0.05) is 12.0 Å². The number of Topliss-reactive ketones (excluding diaryl/α,β-unsaturated/α-hetero) is 2. The zero-order valence-electron chi connectivity index (χ0n) is 17.3. The fourth-order valence-corrected chi connectivity index (χ4v) is 5.40. The third-order valence-electron chi connectivity index (χ3n) is 6.87. The third-order valence-corrected chi connectivity index (χ3v) is 6.87. The lowest BCUT2D eigenvalue weighted by atomic mass is 9.57. The second-order valence-electron chi connectivity index (χ2n) is 8.62. The highest BCUT2D eigenvalue weighted by Gasteiger charge is 2.66. The quantitative estimate of drug-likeness (QED) is 0.405. The molecule has 0 unspecified atom stereocenters. The predicted molar refractivity (Wildman–Crippen MR) is 110 cm³/mol. The van der Waals surface area contributed by atoms with Gasteiger partial charge in [-0.25, -0.2) is 0 Å². The van der Waals surface area contributed by atoms with E-state index in [4.69, 9.17) is 5.73 Å². The molecule has 0 heterocycles. The van der Waals surface area contributed by atoms with Crippen molar-refractivity contribution in [3.05, 3.63) is 34.9 Å². The van der Waals surface area contributed by atoms with Crippen LogP contribution >= 0.6 is 0 Å². The van der Waals surface area contributed by atoms with Gasteiger partial charge in [-0.15, -0.1) is 0 Å². The van der Waals surface area contributed by atoms with Crippen LogP contribution in [0.15, 0.2) is 18.2 Å². The van der Waals surface area contributed by atoms with Gasteiger partial charge in [0.25, 0.3) is 0 Å². The summed E-state index contributed by atoms with van der Waals surface area (Å²) >= 11 is 0. The number of hydrogen-bond acceptors (Lipinski definition) is 8. The number of phenols is 2. The number of aromatic hydroxyl groups is 2. The van der Waals surface area contributed by atoms with E-state index in [1.165, 1.54) is 6.07 Å². The Morgan fingerprint density at radius 2 is 1.87 bits per heavy atom. The number of amides is 1. The summed E-state index contributed by atoms with van der Waals surface area (Å²) in [6.07, 6.45) is -1.53. The molecule has 1 fully saturated rings. The Hall–Kier alpha value is -3.01. The van der Waals surface area contributed by atoms with E-state index in [1.54, 1.807) is 38.1 Å². The van der Waals surface area contributed by atoms with E-state index in [9.17, 15) is 34.8 Å². The summed E-state index contributed by atoms with van der Waals surface area (Å²) in [5, 5.41) is 44.0. The first kappa shape index (κ1) is 21.2. The lowest BCUT2D eigenvalue weighted by Gasteiger charge is -2.51. The standard InChI is InChI=1S/C22H24N2O7/c1-8-9-5-4-6-12(25)13(9)17(26)14-10(8)7-11-16(24(2)3)18(27)15(21(23)30)20(29)22(11,31)19(14)28/h4-6,11,15-16,18,25-27,31H,7H2,1-3H3,(H2,23,30)/t11-,15-,16+,18+,22+/m0/s1. The first-order chi connectivity index (χ1) is 14.4. The number of carbonyl (C=O) groups excluding carboxylic acids is 3. The van der Waals surface area contributed by atoms with Crippen molar-refractivity contribution in [3.8, 4) is 11.5 Å². The minimum atomic E-state index is -2.66. The van der Waals surface area contributed by atoms with Crippen LogP contribution in [0.1, 0.15) is 21.5 Å². The van der Waals surface area contributed by atoms with Gasteiger partial charge in [-0.2, -0.15) is 0 Å². The second kappa shape index (κ2) is 6.74. The number of aryl methyl sites for hydroxylation is 1. The molecule has 6 N–H and O–H groups in total. The number of ketones is 2. The molecule has 1 amide bonds. The van der Waals surface area contributed by atoms with Gasteiger partial charge in [0.15, 0.2) is 11.4 Å². The summed E-state index contributed by atoms with van der Waals surface area (Å²) < 4.78 is 0. The minimum Gasteiger partial charge on any atom is -0.507 e. The number of hydrogen-bond donors (Lipinski definition) is 5. The van der Waals surface area contributed by atoms with Crippen LogP contribution in [0.3, 0.4) is 0 Å². The van der Waals surface area contributed by atoms with Crippen molar-refractivity contribution >= 4 is 28.2 Å². The highest BCUT2D eigenvalue weighted by atomic mass is 16.3. The van der Waals surface area contributed by atoms with Crippen molar-refractivity contribution in [1.29, 1.82) is 0 Å². The summed E-state index contributed by atoms with van der Waals surface area (Å²) in [5.41, 5.74) is 3.42. The van der Waals surface area contributed by atoms with Crippen LogP contribution in [0.2, 0.25) is 0 Å². The molecule has 0 saturated heterocycles. The van der Waals surface area contributed by atoms with E-state index >= 15 is 0 Å². The molecule has 0 bridgehead atoms. The van der Waals surface area contributed by atoms with Crippen molar-refractivity contribution in [3.63, 3.8) is 0 Å². The zero-order valence-corrected chi connectivity index (χ0v) is 17.3. The van der Waals surface area contributed by atoms with Gasteiger partial charge in [-0.05, 0) is 50.0 Å². The lowest BCUT2D eigenvalue weighted by Crippen LogP contribution is -2.72. The SMILES string of the molecule is Cc1c2c(c(O)c3c(O)cccc13)C(=O)[C@@]1(O)C(=O)[C@@H](C(N)=O)[C@@H](O)[C@H](N(C)C)[C@@H]1C2. The molecular formula is C22H24N2O7. The second-order valence-corrected chi connectivity index (χ2v) is 8.62. The first-order valence-electron chi connectivity index (χ1n) is 9.85. The molecule has 0 aliphatic heterocycles. The topological polar surface area (TPSA) is 161 Å². The molecule has 2 aliphatic rings. The monoisotopic (exact) mass is 428 g/mol.